The van der Waals surface area contributed by atoms with Crippen molar-refractivity contribution in [1.82, 2.24) is 4.90 Å². The minimum absolute atomic E-state index is 0.0972. The number of hydrogen-bond donors (Lipinski definition) is 3. The van der Waals surface area contributed by atoms with E-state index in [1.54, 1.807) is 0 Å². The Morgan fingerprint density at radius 3 is 1.73 bits per heavy atom. The van der Waals surface area contributed by atoms with Gasteiger partial charge in [-0.1, -0.05) is 0 Å². The molecule has 0 aromatic carbocycles. The molecule has 0 aliphatic carbocycles. The predicted molar refractivity (Wildman–Crippen MR) is 48.4 cm³/mol. The number of nitrogens with zero attached hydrogens (tertiary/aromatic N) is 1. The highest BCUT2D eigenvalue weighted by Crippen LogP contribution is 1.76. The SMILES string of the molecule is CN(C)CCCN.NCCO. The Morgan fingerprint density at radius 1 is 1.18 bits per heavy atom. The maximum atomic E-state index is 7.75. The van der Waals surface area contributed by atoms with Crippen LogP contribution in [0.15, 0.2) is 0 Å². The number of aliphatic hydroxyl groups is 1. The second kappa shape index (κ2) is 12.5. The molecule has 0 heterocycles. The Kier molecular flexibility index (Phi) is 15.3. The second-order valence-corrected chi connectivity index (χ2v) is 2.46. The monoisotopic (exact) mass is 163 g/mol. The minimum atomic E-state index is 0.0972. The molecule has 0 atom stereocenters. The molecule has 0 amide bonds. The van der Waals surface area contributed by atoms with Gasteiger partial charge in [-0.05, 0) is 33.6 Å². The normalized spacial score (nSPS) is 9.27. The van der Waals surface area contributed by atoms with E-state index in [1.165, 1.54) is 0 Å². The summed E-state index contributed by atoms with van der Waals surface area (Å²) in [5.74, 6) is 0. The van der Waals surface area contributed by atoms with Crippen LogP contribution in [0, 0.1) is 0 Å². The molecule has 0 fully saturated rings. The molecule has 0 spiro atoms. The summed E-state index contributed by atoms with van der Waals surface area (Å²) < 4.78 is 0. The van der Waals surface area contributed by atoms with Crippen LogP contribution < -0.4 is 11.5 Å². The van der Waals surface area contributed by atoms with Gasteiger partial charge < -0.3 is 21.5 Å². The largest absolute Gasteiger partial charge is 0.395 e. The first-order valence-corrected chi connectivity index (χ1v) is 3.84. The first kappa shape index (κ1) is 13.4. The van der Waals surface area contributed by atoms with E-state index in [1.807, 2.05) is 0 Å². The van der Waals surface area contributed by atoms with Gasteiger partial charge in [0.05, 0.1) is 6.61 Å². The van der Waals surface area contributed by atoms with Crippen LogP contribution in [0.4, 0.5) is 0 Å². The average Bonchev–Trinajstić information content (AvgIpc) is 2.01. The maximum Gasteiger partial charge on any atom is 0.0553 e. The van der Waals surface area contributed by atoms with Crippen LogP contribution in [0.3, 0.4) is 0 Å². The zero-order valence-corrected chi connectivity index (χ0v) is 7.58. The number of hydrogen-bond acceptors (Lipinski definition) is 4. The average molecular weight is 163 g/mol. The summed E-state index contributed by atoms with van der Waals surface area (Å²) in [5, 5.41) is 7.75. The van der Waals surface area contributed by atoms with Crippen LogP contribution in [0.25, 0.3) is 0 Å². The van der Waals surface area contributed by atoms with Gasteiger partial charge >= 0.3 is 0 Å². The summed E-state index contributed by atoms with van der Waals surface area (Å²) in [7, 11) is 4.10. The third-order valence-corrected chi connectivity index (χ3v) is 0.939. The predicted octanol–water partition coefficient (Wildman–Crippen LogP) is -1.17. The maximum absolute atomic E-state index is 7.75. The molecule has 0 aliphatic heterocycles. The van der Waals surface area contributed by atoms with Crippen LogP contribution in [0.5, 0.6) is 0 Å². The molecular weight excluding hydrogens is 142 g/mol. The Balaban J connectivity index is 0. The Hall–Kier alpha value is -0.160. The van der Waals surface area contributed by atoms with Crippen molar-refractivity contribution in [2.45, 2.75) is 6.42 Å². The fourth-order valence-electron chi connectivity index (χ4n) is 0.408. The molecule has 0 rings (SSSR count). The van der Waals surface area contributed by atoms with Crippen molar-refractivity contribution >= 4 is 0 Å². The van der Waals surface area contributed by atoms with E-state index in [0.717, 1.165) is 19.5 Å². The van der Waals surface area contributed by atoms with E-state index in [-0.39, 0.29) is 6.61 Å². The molecule has 5 N–H and O–H groups in total. The Labute approximate surface area is 69.2 Å². The van der Waals surface area contributed by atoms with Gasteiger partial charge in [-0.2, -0.15) is 0 Å². The summed E-state index contributed by atoms with van der Waals surface area (Å²) in [6.07, 6.45) is 1.10. The van der Waals surface area contributed by atoms with Crippen LogP contribution in [0.2, 0.25) is 0 Å². The van der Waals surface area contributed by atoms with Gasteiger partial charge in [-0.3, -0.25) is 0 Å². The lowest BCUT2D eigenvalue weighted by Crippen LogP contribution is -2.16. The van der Waals surface area contributed by atoms with Crippen LogP contribution in [-0.4, -0.2) is 50.3 Å². The van der Waals surface area contributed by atoms with Crippen LogP contribution >= 0.6 is 0 Å². The molecule has 4 nitrogen and oxygen atoms in total. The van der Waals surface area contributed by atoms with Gasteiger partial charge in [0.1, 0.15) is 0 Å². The first-order valence-electron chi connectivity index (χ1n) is 3.84. The van der Waals surface area contributed by atoms with Crippen LogP contribution in [-0.2, 0) is 0 Å². The molecule has 0 bridgehead atoms. The van der Waals surface area contributed by atoms with Gasteiger partial charge in [-0.15, -0.1) is 0 Å². The lowest BCUT2D eigenvalue weighted by molar-refractivity contribution is 0.306. The van der Waals surface area contributed by atoms with Gasteiger partial charge in [0.25, 0.3) is 0 Å². The summed E-state index contributed by atoms with van der Waals surface area (Å²) >= 11 is 0. The summed E-state index contributed by atoms with van der Waals surface area (Å²) in [4.78, 5) is 2.13. The van der Waals surface area contributed by atoms with Crippen molar-refractivity contribution in [2.75, 3.05) is 40.3 Å². The standard InChI is InChI=1S/C5H14N2.C2H7NO/c1-7(2)5-3-4-6;3-1-2-4/h3-6H2,1-2H3;4H,1-3H2. The molecule has 0 radical (unpaired) electrons. The molecule has 0 saturated carbocycles. The summed E-state index contributed by atoms with van der Waals surface area (Å²) in [5.41, 5.74) is 10.0. The minimum Gasteiger partial charge on any atom is -0.395 e. The molecule has 0 aliphatic rings. The van der Waals surface area contributed by atoms with Crippen molar-refractivity contribution in [3.63, 3.8) is 0 Å². The summed E-state index contributed by atoms with van der Waals surface area (Å²) in [6.45, 7) is 2.38. The van der Waals surface area contributed by atoms with E-state index in [2.05, 4.69) is 19.0 Å². The lowest BCUT2D eigenvalue weighted by atomic mass is 10.4. The van der Waals surface area contributed by atoms with Gasteiger partial charge in [-0.25, -0.2) is 0 Å². The lowest BCUT2D eigenvalue weighted by Gasteiger charge is -2.05. The van der Waals surface area contributed by atoms with E-state index in [4.69, 9.17) is 16.6 Å². The number of aliphatic hydroxyl groups excluding tert-OH is 1. The highest BCUT2D eigenvalue weighted by atomic mass is 16.3. The molecule has 70 valence electrons. The van der Waals surface area contributed by atoms with E-state index in [0.29, 0.717) is 6.54 Å². The third kappa shape index (κ3) is 25.8. The zero-order valence-electron chi connectivity index (χ0n) is 7.58. The van der Waals surface area contributed by atoms with Gasteiger partial charge in [0, 0.05) is 6.54 Å². The smallest absolute Gasteiger partial charge is 0.0553 e. The van der Waals surface area contributed by atoms with Gasteiger partial charge in [0.2, 0.25) is 0 Å². The third-order valence-electron chi connectivity index (χ3n) is 0.939. The second-order valence-electron chi connectivity index (χ2n) is 2.46. The Bertz CT molecular complexity index is 57.6. The van der Waals surface area contributed by atoms with E-state index >= 15 is 0 Å². The molecule has 4 heteroatoms. The van der Waals surface area contributed by atoms with Crippen molar-refractivity contribution in [2.24, 2.45) is 11.5 Å². The number of rotatable bonds is 4. The zero-order chi connectivity index (χ0) is 9.11. The van der Waals surface area contributed by atoms with Crippen molar-refractivity contribution < 1.29 is 5.11 Å². The van der Waals surface area contributed by atoms with Crippen molar-refractivity contribution in [3.8, 4) is 0 Å². The highest BCUT2D eigenvalue weighted by molar-refractivity contribution is 4.42. The molecule has 0 aromatic heterocycles. The number of nitrogens with two attached hydrogens (primary N) is 2. The molecule has 0 unspecified atom stereocenters. The summed E-state index contributed by atoms with van der Waals surface area (Å²) in [6, 6.07) is 0. The molecular formula is C7H21N3O. The fraction of sp³-hybridized carbons (Fsp3) is 1.00. The highest BCUT2D eigenvalue weighted by Gasteiger charge is 1.83. The Morgan fingerprint density at radius 2 is 1.64 bits per heavy atom. The van der Waals surface area contributed by atoms with E-state index < -0.39 is 0 Å². The van der Waals surface area contributed by atoms with Crippen molar-refractivity contribution in [3.05, 3.63) is 0 Å². The quantitative estimate of drug-likeness (QED) is 0.488. The fourth-order valence-corrected chi connectivity index (χ4v) is 0.408. The van der Waals surface area contributed by atoms with Crippen molar-refractivity contribution in [1.29, 1.82) is 0 Å². The topological polar surface area (TPSA) is 75.5 Å². The molecule has 0 saturated heterocycles. The van der Waals surface area contributed by atoms with E-state index in [9.17, 15) is 0 Å². The molecule has 11 heavy (non-hydrogen) atoms. The molecule has 0 aromatic rings. The van der Waals surface area contributed by atoms with Gasteiger partial charge in [0.15, 0.2) is 0 Å². The first-order chi connectivity index (χ1) is 5.18. The van der Waals surface area contributed by atoms with Crippen LogP contribution in [0.1, 0.15) is 6.42 Å².